The molecule has 0 saturated carbocycles. The molecule has 1 N–H and O–H groups in total. The summed E-state index contributed by atoms with van der Waals surface area (Å²) in [6.45, 7) is 4.83. The second kappa shape index (κ2) is 3.53. The second-order valence-corrected chi connectivity index (χ2v) is 2.64. The molecule has 0 unspecified atom stereocenters. The fourth-order valence-electron chi connectivity index (χ4n) is 1.18. The monoisotopic (exact) mass is 154 g/mol. The van der Waals surface area contributed by atoms with E-state index in [0.717, 1.165) is 25.2 Å². The number of hydrogen-bond donors (Lipinski definition) is 1. The summed E-state index contributed by atoms with van der Waals surface area (Å²) in [4.78, 5) is 13.3. The van der Waals surface area contributed by atoms with E-state index in [4.69, 9.17) is 0 Å². The Morgan fingerprint density at radius 1 is 1.82 bits per heavy atom. The molecule has 0 radical (unpaired) electrons. The Labute approximate surface area is 67.1 Å². The highest BCUT2D eigenvalue weighted by molar-refractivity contribution is 5.94. The Bertz CT molecular complexity index is 187. The van der Waals surface area contributed by atoms with E-state index in [1.807, 2.05) is 6.08 Å². The lowest BCUT2D eigenvalue weighted by molar-refractivity contribution is -0.117. The summed E-state index contributed by atoms with van der Waals surface area (Å²) in [6, 6.07) is 0. The minimum absolute atomic E-state index is 0.0564. The van der Waals surface area contributed by atoms with Gasteiger partial charge in [-0.1, -0.05) is 13.0 Å². The molecule has 1 aliphatic rings. The average molecular weight is 154 g/mol. The van der Waals surface area contributed by atoms with Crippen molar-refractivity contribution >= 4 is 5.91 Å². The first-order chi connectivity index (χ1) is 5.27. The zero-order valence-corrected chi connectivity index (χ0v) is 7.05. The van der Waals surface area contributed by atoms with Crippen LogP contribution in [0.5, 0.6) is 0 Å². The van der Waals surface area contributed by atoms with E-state index in [2.05, 4.69) is 17.1 Å². The molecule has 1 heterocycles. The SMILES string of the molecule is CCN1CC=C(C(=O)NC)C1. The van der Waals surface area contributed by atoms with Gasteiger partial charge in [-0.3, -0.25) is 9.69 Å². The quantitative estimate of drug-likeness (QED) is 0.607. The van der Waals surface area contributed by atoms with Gasteiger partial charge in [0.2, 0.25) is 5.91 Å². The van der Waals surface area contributed by atoms with Crippen molar-refractivity contribution in [2.75, 3.05) is 26.7 Å². The van der Waals surface area contributed by atoms with Crippen LogP contribution in [0.15, 0.2) is 11.6 Å². The number of carbonyl (C=O) groups excluding carboxylic acids is 1. The molecule has 11 heavy (non-hydrogen) atoms. The zero-order valence-electron chi connectivity index (χ0n) is 7.05. The van der Waals surface area contributed by atoms with E-state index in [-0.39, 0.29) is 5.91 Å². The summed E-state index contributed by atoms with van der Waals surface area (Å²) < 4.78 is 0. The largest absolute Gasteiger partial charge is 0.355 e. The van der Waals surface area contributed by atoms with Crippen molar-refractivity contribution in [3.05, 3.63) is 11.6 Å². The molecule has 0 saturated heterocycles. The molecule has 0 aliphatic carbocycles. The van der Waals surface area contributed by atoms with Crippen LogP contribution in [0.1, 0.15) is 6.92 Å². The number of nitrogens with one attached hydrogen (secondary N) is 1. The van der Waals surface area contributed by atoms with Crippen LogP contribution in [0.4, 0.5) is 0 Å². The van der Waals surface area contributed by atoms with Crippen LogP contribution >= 0.6 is 0 Å². The molecular weight excluding hydrogens is 140 g/mol. The third kappa shape index (κ3) is 1.80. The van der Waals surface area contributed by atoms with Crippen molar-refractivity contribution in [2.45, 2.75) is 6.92 Å². The van der Waals surface area contributed by atoms with E-state index >= 15 is 0 Å². The Morgan fingerprint density at radius 2 is 2.55 bits per heavy atom. The van der Waals surface area contributed by atoms with Gasteiger partial charge >= 0.3 is 0 Å². The molecule has 0 atom stereocenters. The summed E-state index contributed by atoms with van der Waals surface area (Å²) in [7, 11) is 1.66. The first-order valence-corrected chi connectivity index (χ1v) is 3.91. The van der Waals surface area contributed by atoms with Gasteiger partial charge in [-0.2, -0.15) is 0 Å². The van der Waals surface area contributed by atoms with Crippen LogP contribution in [0.2, 0.25) is 0 Å². The predicted octanol–water partition coefficient (Wildman–Crippen LogP) is -0.00570. The van der Waals surface area contributed by atoms with Gasteiger partial charge in [0, 0.05) is 25.7 Å². The normalized spacial score (nSPS) is 18.2. The molecule has 0 spiro atoms. The molecule has 0 aromatic heterocycles. The van der Waals surface area contributed by atoms with E-state index < -0.39 is 0 Å². The Hall–Kier alpha value is -0.830. The van der Waals surface area contributed by atoms with Crippen LogP contribution in [0, 0.1) is 0 Å². The third-order valence-electron chi connectivity index (χ3n) is 1.96. The zero-order chi connectivity index (χ0) is 8.27. The number of likely N-dealkylation sites (N-methyl/N-ethyl adjacent to an activating group) is 2. The molecular formula is C8H14N2O. The fraction of sp³-hybridized carbons (Fsp3) is 0.625. The molecule has 3 heteroatoms. The third-order valence-corrected chi connectivity index (χ3v) is 1.96. The highest BCUT2D eigenvalue weighted by Gasteiger charge is 2.16. The number of rotatable bonds is 2. The minimum atomic E-state index is 0.0564. The van der Waals surface area contributed by atoms with Crippen molar-refractivity contribution < 1.29 is 4.79 Å². The van der Waals surface area contributed by atoms with Gasteiger partial charge in [-0.05, 0) is 6.54 Å². The minimum Gasteiger partial charge on any atom is -0.355 e. The van der Waals surface area contributed by atoms with Crippen molar-refractivity contribution in [2.24, 2.45) is 0 Å². The van der Waals surface area contributed by atoms with Gasteiger partial charge < -0.3 is 5.32 Å². The Kier molecular flexibility index (Phi) is 2.65. The first-order valence-electron chi connectivity index (χ1n) is 3.91. The summed E-state index contributed by atoms with van der Waals surface area (Å²) in [5.41, 5.74) is 0.898. The lowest BCUT2D eigenvalue weighted by atomic mass is 10.3. The van der Waals surface area contributed by atoms with Crippen molar-refractivity contribution in [3.63, 3.8) is 0 Å². The van der Waals surface area contributed by atoms with E-state index in [1.54, 1.807) is 7.05 Å². The van der Waals surface area contributed by atoms with Crippen LogP contribution < -0.4 is 5.32 Å². The van der Waals surface area contributed by atoms with Crippen LogP contribution in [-0.4, -0.2) is 37.5 Å². The van der Waals surface area contributed by atoms with Crippen molar-refractivity contribution in [1.82, 2.24) is 10.2 Å². The number of hydrogen-bond acceptors (Lipinski definition) is 2. The summed E-state index contributed by atoms with van der Waals surface area (Å²) >= 11 is 0. The molecule has 62 valence electrons. The first kappa shape index (κ1) is 8.27. The van der Waals surface area contributed by atoms with E-state index in [0.29, 0.717) is 0 Å². The van der Waals surface area contributed by atoms with Crippen LogP contribution in [0.3, 0.4) is 0 Å². The van der Waals surface area contributed by atoms with Crippen LogP contribution in [-0.2, 0) is 4.79 Å². The maximum atomic E-state index is 11.1. The van der Waals surface area contributed by atoms with Gasteiger partial charge in [0.05, 0.1) is 0 Å². The van der Waals surface area contributed by atoms with Crippen molar-refractivity contribution in [3.8, 4) is 0 Å². The fourth-order valence-corrected chi connectivity index (χ4v) is 1.18. The maximum absolute atomic E-state index is 11.1. The molecule has 0 aromatic carbocycles. The second-order valence-electron chi connectivity index (χ2n) is 2.64. The summed E-state index contributed by atoms with van der Waals surface area (Å²) in [5, 5.41) is 2.62. The van der Waals surface area contributed by atoms with E-state index in [1.165, 1.54) is 0 Å². The van der Waals surface area contributed by atoms with Gasteiger partial charge in [0.15, 0.2) is 0 Å². The molecule has 0 aromatic rings. The van der Waals surface area contributed by atoms with Gasteiger partial charge in [0.1, 0.15) is 0 Å². The smallest absolute Gasteiger partial charge is 0.247 e. The molecule has 0 fully saturated rings. The maximum Gasteiger partial charge on any atom is 0.247 e. The predicted molar refractivity (Wildman–Crippen MR) is 44.3 cm³/mol. The van der Waals surface area contributed by atoms with Crippen LogP contribution in [0.25, 0.3) is 0 Å². The van der Waals surface area contributed by atoms with Gasteiger partial charge in [0.25, 0.3) is 0 Å². The summed E-state index contributed by atoms with van der Waals surface area (Å²) in [6.07, 6.45) is 1.99. The molecule has 3 nitrogen and oxygen atoms in total. The molecule has 0 bridgehead atoms. The van der Waals surface area contributed by atoms with Gasteiger partial charge in [-0.25, -0.2) is 0 Å². The topological polar surface area (TPSA) is 32.3 Å². The van der Waals surface area contributed by atoms with Gasteiger partial charge in [-0.15, -0.1) is 0 Å². The highest BCUT2D eigenvalue weighted by Crippen LogP contribution is 2.07. The highest BCUT2D eigenvalue weighted by atomic mass is 16.1. The molecule has 1 rings (SSSR count). The van der Waals surface area contributed by atoms with E-state index in [9.17, 15) is 4.79 Å². The lowest BCUT2D eigenvalue weighted by Gasteiger charge is -2.11. The standard InChI is InChI=1S/C8H14N2O/c1-3-10-5-4-7(6-10)8(11)9-2/h4H,3,5-6H2,1-2H3,(H,9,11). The Balaban J connectivity index is 2.45. The lowest BCUT2D eigenvalue weighted by Crippen LogP contribution is -2.26. The Morgan fingerprint density at radius 3 is 3.00 bits per heavy atom. The van der Waals surface area contributed by atoms with Crippen molar-refractivity contribution in [1.29, 1.82) is 0 Å². The number of nitrogens with zero attached hydrogens (tertiary/aromatic N) is 1. The summed E-state index contributed by atoms with van der Waals surface area (Å²) in [5.74, 6) is 0.0564. The number of amides is 1. The molecule has 1 aliphatic heterocycles. The number of carbonyl (C=O) groups is 1. The molecule has 1 amide bonds. The average Bonchev–Trinajstić information content (AvgIpc) is 2.50.